The Morgan fingerprint density at radius 1 is 0.960 bits per heavy atom. The highest BCUT2D eigenvalue weighted by atomic mass is 32.2. The minimum absolute atomic E-state index is 0.0919. The van der Waals surface area contributed by atoms with E-state index in [1.54, 1.807) is 50.5 Å². The van der Waals surface area contributed by atoms with E-state index in [1.807, 2.05) is 0 Å². The molecule has 2 aromatic rings. The number of carbonyl (C=O) groups excluding carboxylic acids is 1. The van der Waals surface area contributed by atoms with Crippen LogP contribution in [0.3, 0.4) is 0 Å². The molecule has 6 nitrogen and oxygen atoms in total. The van der Waals surface area contributed by atoms with Crippen molar-refractivity contribution in [2.75, 3.05) is 28.3 Å². The van der Waals surface area contributed by atoms with E-state index in [0.717, 1.165) is 5.56 Å². The number of ether oxygens (including phenoxy) is 1. The van der Waals surface area contributed by atoms with E-state index in [4.69, 9.17) is 4.74 Å². The minimum atomic E-state index is -3.60. The van der Waals surface area contributed by atoms with Crippen molar-refractivity contribution in [2.24, 2.45) is 0 Å². The molecule has 0 unspecified atom stereocenters. The van der Waals surface area contributed by atoms with Gasteiger partial charge < -0.3 is 9.64 Å². The van der Waals surface area contributed by atoms with E-state index in [0.29, 0.717) is 11.3 Å². The predicted molar refractivity (Wildman–Crippen MR) is 96.1 cm³/mol. The number of amides is 1. The molecule has 2 aromatic carbocycles. The van der Waals surface area contributed by atoms with Crippen LogP contribution in [-0.2, 0) is 16.6 Å². The molecule has 0 aliphatic heterocycles. The zero-order valence-electron chi connectivity index (χ0n) is 14.8. The van der Waals surface area contributed by atoms with Crippen LogP contribution in [0.4, 0.5) is 0 Å². The second-order valence-electron chi connectivity index (χ2n) is 5.83. The lowest BCUT2D eigenvalue weighted by Crippen LogP contribution is -2.26. The number of rotatable bonds is 6. The van der Waals surface area contributed by atoms with Crippen molar-refractivity contribution in [2.45, 2.75) is 11.4 Å². The summed E-state index contributed by atoms with van der Waals surface area (Å²) in [5.41, 5.74) is 1.37. The van der Waals surface area contributed by atoms with Crippen molar-refractivity contribution in [1.82, 2.24) is 9.21 Å². The lowest BCUT2D eigenvalue weighted by molar-refractivity contribution is 0.0827. The minimum Gasteiger partial charge on any atom is -0.497 e. The second-order valence-corrected chi connectivity index (χ2v) is 7.88. The van der Waals surface area contributed by atoms with Gasteiger partial charge in [-0.25, -0.2) is 8.42 Å². The van der Waals surface area contributed by atoms with E-state index in [2.05, 4.69) is 0 Å². The molecule has 0 N–H and O–H groups in total. The van der Waals surface area contributed by atoms with Gasteiger partial charge in [-0.1, -0.05) is 12.1 Å². The Balaban J connectivity index is 2.14. The molecule has 0 bridgehead atoms. The van der Waals surface area contributed by atoms with Crippen molar-refractivity contribution in [3.8, 4) is 5.75 Å². The Morgan fingerprint density at radius 2 is 1.52 bits per heavy atom. The van der Waals surface area contributed by atoms with Crippen molar-refractivity contribution in [3.05, 3.63) is 59.7 Å². The summed E-state index contributed by atoms with van der Waals surface area (Å²) in [6.07, 6.45) is 0. The number of hydrogen-bond donors (Lipinski definition) is 0. The monoisotopic (exact) mass is 362 g/mol. The molecule has 2 rings (SSSR count). The van der Waals surface area contributed by atoms with Gasteiger partial charge in [0, 0.05) is 33.3 Å². The summed E-state index contributed by atoms with van der Waals surface area (Å²) in [7, 11) is 2.83. The van der Waals surface area contributed by atoms with Crippen molar-refractivity contribution in [3.63, 3.8) is 0 Å². The van der Waals surface area contributed by atoms with Crippen LogP contribution in [0.1, 0.15) is 15.9 Å². The van der Waals surface area contributed by atoms with Crippen LogP contribution in [0, 0.1) is 0 Å². The highest BCUT2D eigenvalue weighted by molar-refractivity contribution is 7.89. The van der Waals surface area contributed by atoms with Crippen LogP contribution < -0.4 is 4.74 Å². The Hall–Kier alpha value is -2.38. The quantitative estimate of drug-likeness (QED) is 0.790. The Morgan fingerprint density at radius 3 is 2.00 bits per heavy atom. The van der Waals surface area contributed by atoms with Gasteiger partial charge in [0.1, 0.15) is 5.75 Å². The van der Waals surface area contributed by atoms with Crippen molar-refractivity contribution in [1.29, 1.82) is 0 Å². The molecule has 0 heterocycles. The van der Waals surface area contributed by atoms with Gasteiger partial charge in [0.25, 0.3) is 5.91 Å². The maximum absolute atomic E-state index is 12.6. The summed E-state index contributed by atoms with van der Waals surface area (Å²) >= 11 is 0. The SMILES string of the molecule is COc1ccc(S(=O)(=O)N(C)Cc2ccc(C(=O)N(C)C)cc2)cc1. The summed E-state index contributed by atoms with van der Waals surface area (Å²) in [5.74, 6) is 0.508. The molecule has 0 radical (unpaired) electrons. The van der Waals surface area contributed by atoms with E-state index in [-0.39, 0.29) is 17.3 Å². The van der Waals surface area contributed by atoms with Gasteiger partial charge in [-0.3, -0.25) is 4.79 Å². The third-order valence-electron chi connectivity index (χ3n) is 3.78. The fourth-order valence-corrected chi connectivity index (χ4v) is 3.44. The zero-order valence-corrected chi connectivity index (χ0v) is 15.6. The number of carbonyl (C=O) groups is 1. The number of benzene rings is 2. The molecule has 0 aliphatic carbocycles. The summed E-state index contributed by atoms with van der Waals surface area (Å²) in [6.45, 7) is 0.213. The van der Waals surface area contributed by atoms with Crippen LogP contribution in [0.5, 0.6) is 5.75 Å². The highest BCUT2D eigenvalue weighted by Crippen LogP contribution is 2.20. The average molecular weight is 362 g/mol. The van der Waals surface area contributed by atoms with E-state index >= 15 is 0 Å². The third kappa shape index (κ3) is 4.37. The molecule has 0 saturated heterocycles. The average Bonchev–Trinajstić information content (AvgIpc) is 2.61. The predicted octanol–water partition coefficient (Wildman–Crippen LogP) is 2.22. The number of nitrogens with zero attached hydrogens (tertiary/aromatic N) is 2. The van der Waals surface area contributed by atoms with Gasteiger partial charge >= 0.3 is 0 Å². The Bertz CT molecular complexity index is 828. The molecular formula is C18H22N2O4S. The van der Waals surface area contributed by atoms with Crippen molar-refractivity contribution < 1.29 is 17.9 Å². The van der Waals surface area contributed by atoms with Crippen LogP contribution in [0.2, 0.25) is 0 Å². The fraction of sp³-hybridized carbons (Fsp3) is 0.278. The molecule has 0 aromatic heterocycles. The van der Waals surface area contributed by atoms with Gasteiger partial charge in [-0.2, -0.15) is 4.31 Å². The molecule has 25 heavy (non-hydrogen) atoms. The van der Waals surface area contributed by atoms with E-state index in [9.17, 15) is 13.2 Å². The number of sulfonamides is 1. The summed E-state index contributed by atoms with van der Waals surface area (Å²) in [4.78, 5) is 13.6. The summed E-state index contributed by atoms with van der Waals surface area (Å²) in [5, 5.41) is 0. The number of methoxy groups -OCH3 is 1. The Labute approximate surface area is 148 Å². The molecule has 7 heteroatoms. The van der Waals surface area contributed by atoms with Gasteiger partial charge in [0.05, 0.1) is 12.0 Å². The molecule has 0 spiro atoms. The Kier molecular flexibility index (Phi) is 5.81. The molecule has 0 atom stereocenters. The smallest absolute Gasteiger partial charge is 0.253 e. The maximum atomic E-state index is 12.6. The molecule has 0 aliphatic rings. The van der Waals surface area contributed by atoms with E-state index in [1.165, 1.54) is 35.5 Å². The third-order valence-corrected chi connectivity index (χ3v) is 5.60. The largest absolute Gasteiger partial charge is 0.497 e. The lowest BCUT2D eigenvalue weighted by Gasteiger charge is -2.18. The lowest BCUT2D eigenvalue weighted by atomic mass is 10.1. The summed E-state index contributed by atoms with van der Waals surface area (Å²) < 4.78 is 31.6. The molecule has 134 valence electrons. The first-order chi connectivity index (χ1) is 11.8. The first-order valence-corrected chi connectivity index (χ1v) is 9.10. The van der Waals surface area contributed by atoms with E-state index < -0.39 is 10.0 Å². The summed E-state index contributed by atoms with van der Waals surface area (Å²) in [6, 6.07) is 13.2. The first kappa shape index (κ1) is 19.0. The molecule has 1 amide bonds. The number of hydrogen-bond acceptors (Lipinski definition) is 4. The molecular weight excluding hydrogens is 340 g/mol. The standard InChI is InChI=1S/C18H22N2O4S/c1-19(2)18(21)15-7-5-14(6-8-15)13-20(3)25(22,23)17-11-9-16(24-4)10-12-17/h5-12H,13H2,1-4H3. The van der Waals surface area contributed by atoms with Crippen LogP contribution in [-0.4, -0.2) is 51.8 Å². The zero-order chi connectivity index (χ0) is 18.6. The van der Waals surface area contributed by atoms with Crippen LogP contribution in [0.25, 0.3) is 0 Å². The molecule has 0 saturated carbocycles. The van der Waals surface area contributed by atoms with Gasteiger partial charge in [0.15, 0.2) is 0 Å². The van der Waals surface area contributed by atoms with Gasteiger partial charge in [0.2, 0.25) is 10.0 Å². The fourth-order valence-electron chi connectivity index (χ4n) is 2.28. The second kappa shape index (κ2) is 7.67. The van der Waals surface area contributed by atoms with Crippen LogP contribution >= 0.6 is 0 Å². The van der Waals surface area contributed by atoms with Crippen LogP contribution in [0.15, 0.2) is 53.4 Å². The maximum Gasteiger partial charge on any atom is 0.253 e. The van der Waals surface area contributed by atoms with Gasteiger partial charge in [-0.15, -0.1) is 0 Å². The topological polar surface area (TPSA) is 66.9 Å². The molecule has 0 fully saturated rings. The van der Waals surface area contributed by atoms with Crippen molar-refractivity contribution >= 4 is 15.9 Å². The van der Waals surface area contributed by atoms with Gasteiger partial charge in [-0.05, 0) is 42.0 Å². The highest BCUT2D eigenvalue weighted by Gasteiger charge is 2.21. The first-order valence-electron chi connectivity index (χ1n) is 7.66. The normalized spacial score (nSPS) is 11.4.